The third-order valence-corrected chi connectivity index (χ3v) is 5.73. The largest absolute Gasteiger partial charge is 0.419 e. The summed E-state index contributed by atoms with van der Waals surface area (Å²) >= 11 is 2.97. The molecule has 0 bridgehead atoms. The molecule has 0 aliphatic rings. The molecule has 6 nitrogen and oxygen atoms in total. The molecule has 0 aliphatic heterocycles. The van der Waals surface area contributed by atoms with Gasteiger partial charge in [0.25, 0.3) is 5.89 Å². The minimum absolute atomic E-state index is 0.118. The summed E-state index contributed by atoms with van der Waals surface area (Å²) in [6, 6.07) is 10.4. The zero-order valence-electron chi connectivity index (χ0n) is 14.0. The van der Waals surface area contributed by atoms with Gasteiger partial charge in [0.1, 0.15) is 5.82 Å². The number of hydrogen-bond donors (Lipinski definition) is 0. The van der Waals surface area contributed by atoms with Gasteiger partial charge in [-0.1, -0.05) is 30.0 Å². The van der Waals surface area contributed by atoms with Gasteiger partial charge in [0.15, 0.2) is 11.0 Å². The number of benzene rings is 1. The first-order chi connectivity index (χ1) is 12.6. The minimum atomic E-state index is -0.329. The van der Waals surface area contributed by atoms with E-state index in [0.717, 1.165) is 4.88 Å². The van der Waals surface area contributed by atoms with E-state index < -0.39 is 0 Å². The molecule has 3 heterocycles. The number of nitrogens with zero attached hydrogens (tertiary/aromatic N) is 5. The molecule has 0 fully saturated rings. The Labute approximate surface area is 157 Å². The van der Waals surface area contributed by atoms with E-state index in [9.17, 15) is 4.39 Å². The van der Waals surface area contributed by atoms with Crippen molar-refractivity contribution in [3.05, 3.63) is 53.5 Å². The summed E-state index contributed by atoms with van der Waals surface area (Å²) in [6.45, 7) is 1.95. The predicted molar refractivity (Wildman–Crippen MR) is 98.3 cm³/mol. The number of halogens is 1. The standard InChI is InChI=1S/C17H14FN5OS2/c1-10(15-20-21-16(24-15)13-8-5-9-25-13)26-17-22-19-14(23(17)2)11-6-3-4-7-12(11)18/h3-10H,1-2H3. The van der Waals surface area contributed by atoms with Gasteiger partial charge in [0.05, 0.1) is 15.7 Å². The van der Waals surface area contributed by atoms with Gasteiger partial charge < -0.3 is 8.98 Å². The van der Waals surface area contributed by atoms with Crippen LogP contribution in [0.5, 0.6) is 0 Å². The topological polar surface area (TPSA) is 69.6 Å². The fourth-order valence-corrected chi connectivity index (χ4v) is 3.89. The quantitative estimate of drug-likeness (QED) is 0.467. The lowest BCUT2D eigenvalue weighted by atomic mass is 10.2. The summed E-state index contributed by atoms with van der Waals surface area (Å²) in [5.74, 6) is 1.16. The number of aromatic nitrogens is 5. The maximum atomic E-state index is 14.0. The van der Waals surface area contributed by atoms with Gasteiger partial charge in [0, 0.05) is 7.05 Å². The molecule has 0 radical (unpaired) electrons. The molecule has 4 rings (SSSR count). The van der Waals surface area contributed by atoms with Crippen LogP contribution in [0.4, 0.5) is 4.39 Å². The SMILES string of the molecule is CC(Sc1nnc(-c2ccccc2F)n1C)c1nnc(-c2cccs2)o1. The lowest BCUT2D eigenvalue weighted by Crippen LogP contribution is -1.98. The number of thioether (sulfide) groups is 1. The van der Waals surface area contributed by atoms with Crippen molar-refractivity contribution in [3.8, 4) is 22.2 Å². The second kappa shape index (κ2) is 7.00. The fourth-order valence-electron chi connectivity index (χ4n) is 2.40. The van der Waals surface area contributed by atoms with Crippen molar-refractivity contribution in [2.45, 2.75) is 17.3 Å². The van der Waals surface area contributed by atoms with Gasteiger partial charge in [-0.25, -0.2) is 4.39 Å². The van der Waals surface area contributed by atoms with Gasteiger partial charge in [-0.3, -0.25) is 0 Å². The normalized spacial score (nSPS) is 12.4. The summed E-state index contributed by atoms with van der Waals surface area (Å²) in [4.78, 5) is 0.932. The van der Waals surface area contributed by atoms with Gasteiger partial charge in [-0.05, 0) is 30.5 Å². The molecule has 1 atom stereocenters. The highest BCUT2D eigenvalue weighted by Crippen LogP contribution is 2.36. The van der Waals surface area contributed by atoms with E-state index in [1.807, 2.05) is 31.5 Å². The fraction of sp³-hybridized carbons (Fsp3) is 0.176. The highest BCUT2D eigenvalue weighted by molar-refractivity contribution is 7.99. The van der Waals surface area contributed by atoms with Crippen LogP contribution in [0.25, 0.3) is 22.2 Å². The van der Waals surface area contributed by atoms with Crippen LogP contribution in [-0.2, 0) is 7.05 Å². The molecule has 9 heteroatoms. The van der Waals surface area contributed by atoms with Crippen molar-refractivity contribution in [3.63, 3.8) is 0 Å². The Kier molecular flexibility index (Phi) is 4.56. The Morgan fingerprint density at radius 3 is 2.73 bits per heavy atom. The van der Waals surface area contributed by atoms with Crippen LogP contribution >= 0.6 is 23.1 Å². The summed E-state index contributed by atoms with van der Waals surface area (Å²) in [7, 11) is 1.81. The average molecular weight is 387 g/mol. The Hall–Kier alpha value is -2.52. The average Bonchev–Trinajstić information content (AvgIpc) is 3.37. The van der Waals surface area contributed by atoms with Crippen LogP contribution in [0.3, 0.4) is 0 Å². The van der Waals surface area contributed by atoms with Crippen LogP contribution in [0.1, 0.15) is 18.1 Å². The number of rotatable bonds is 5. The van der Waals surface area contributed by atoms with Crippen LogP contribution in [0, 0.1) is 5.82 Å². The zero-order chi connectivity index (χ0) is 18.1. The molecule has 0 saturated carbocycles. The molecule has 0 N–H and O–H groups in total. The summed E-state index contributed by atoms with van der Waals surface area (Å²) < 4.78 is 21.5. The van der Waals surface area contributed by atoms with Crippen LogP contribution in [-0.4, -0.2) is 25.0 Å². The van der Waals surface area contributed by atoms with Gasteiger partial charge in [0.2, 0.25) is 5.89 Å². The summed E-state index contributed by atoms with van der Waals surface area (Å²) in [5, 5.41) is 19.0. The first kappa shape index (κ1) is 16.9. The molecule has 26 heavy (non-hydrogen) atoms. The molecule has 1 aromatic carbocycles. The molecule has 0 amide bonds. The van der Waals surface area contributed by atoms with Gasteiger partial charge in [-0.2, -0.15) is 0 Å². The van der Waals surface area contributed by atoms with Crippen molar-refractivity contribution in [2.24, 2.45) is 7.05 Å². The molecule has 1 unspecified atom stereocenters. The van der Waals surface area contributed by atoms with Crippen LogP contribution < -0.4 is 0 Å². The molecular weight excluding hydrogens is 373 g/mol. The van der Waals surface area contributed by atoms with Crippen molar-refractivity contribution in [1.82, 2.24) is 25.0 Å². The summed E-state index contributed by atoms with van der Waals surface area (Å²) in [6.07, 6.45) is 0. The lowest BCUT2D eigenvalue weighted by molar-refractivity contribution is 0.509. The van der Waals surface area contributed by atoms with Crippen LogP contribution in [0.2, 0.25) is 0 Å². The monoisotopic (exact) mass is 387 g/mol. The van der Waals surface area contributed by atoms with Crippen molar-refractivity contribution >= 4 is 23.1 Å². The molecule has 0 saturated heterocycles. The smallest absolute Gasteiger partial charge is 0.257 e. The lowest BCUT2D eigenvalue weighted by Gasteiger charge is -2.07. The Bertz CT molecular complexity index is 1030. The predicted octanol–water partition coefficient (Wildman–Crippen LogP) is 4.59. The highest BCUT2D eigenvalue weighted by Gasteiger charge is 2.21. The van der Waals surface area contributed by atoms with Gasteiger partial charge >= 0.3 is 0 Å². The molecule has 0 aliphatic carbocycles. The van der Waals surface area contributed by atoms with E-state index in [-0.39, 0.29) is 11.1 Å². The summed E-state index contributed by atoms with van der Waals surface area (Å²) in [5.41, 5.74) is 0.416. The molecule has 132 valence electrons. The highest BCUT2D eigenvalue weighted by atomic mass is 32.2. The van der Waals surface area contributed by atoms with E-state index >= 15 is 0 Å². The second-order valence-corrected chi connectivity index (χ2v) is 7.78. The second-order valence-electron chi connectivity index (χ2n) is 5.53. The first-order valence-corrected chi connectivity index (χ1v) is 9.57. The van der Waals surface area contributed by atoms with Crippen LogP contribution in [0.15, 0.2) is 51.4 Å². The van der Waals surface area contributed by atoms with Crippen molar-refractivity contribution in [2.75, 3.05) is 0 Å². The molecule has 0 spiro atoms. The van der Waals surface area contributed by atoms with E-state index in [2.05, 4.69) is 20.4 Å². The third kappa shape index (κ3) is 3.15. The van der Waals surface area contributed by atoms with E-state index in [1.165, 1.54) is 17.8 Å². The van der Waals surface area contributed by atoms with E-state index in [4.69, 9.17) is 4.42 Å². The minimum Gasteiger partial charge on any atom is -0.419 e. The number of thiophene rings is 1. The van der Waals surface area contributed by atoms with E-state index in [0.29, 0.717) is 28.3 Å². The molecular formula is C17H14FN5OS2. The maximum Gasteiger partial charge on any atom is 0.257 e. The van der Waals surface area contributed by atoms with E-state index in [1.54, 1.807) is 34.1 Å². The zero-order valence-corrected chi connectivity index (χ0v) is 15.6. The molecule has 4 aromatic rings. The van der Waals surface area contributed by atoms with Gasteiger partial charge in [-0.15, -0.1) is 31.7 Å². The Balaban J connectivity index is 1.55. The number of hydrogen-bond acceptors (Lipinski definition) is 7. The van der Waals surface area contributed by atoms with Crippen molar-refractivity contribution < 1.29 is 8.81 Å². The third-order valence-electron chi connectivity index (χ3n) is 3.75. The van der Waals surface area contributed by atoms with Crippen molar-refractivity contribution in [1.29, 1.82) is 0 Å². The molecule has 3 aromatic heterocycles. The first-order valence-electron chi connectivity index (χ1n) is 7.81. The Morgan fingerprint density at radius 1 is 1.12 bits per heavy atom. The maximum absolute atomic E-state index is 14.0. The Morgan fingerprint density at radius 2 is 1.96 bits per heavy atom.